The van der Waals surface area contributed by atoms with Crippen molar-refractivity contribution in [2.45, 2.75) is 13.0 Å². The maximum atomic E-state index is 9.21. The Morgan fingerprint density at radius 1 is 1.73 bits per heavy atom. The maximum Gasteiger partial charge on any atom is 0.129 e. The van der Waals surface area contributed by atoms with Crippen LogP contribution in [0.2, 0.25) is 5.15 Å². The average Bonchev–Trinajstić information content (AvgIpc) is 1.94. The summed E-state index contributed by atoms with van der Waals surface area (Å²) in [6.07, 6.45) is 1.05. The van der Waals surface area contributed by atoms with Crippen molar-refractivity contribution in [3.05, 3.63) is 27.5 Å². The molecule has 1 unspecified atom stereocenters. The second kappa shape index (κ2) is 3.52. The predicted molar refractivity (Wildman–Crippen MR) is 47.6 cm³/mol. The molecule has 0 aliphatic carbocycles. The summed E-state index contributed by atoms with van der Waals surface area (Å²) >= 11 is 8.87. The Morgan fingerprint density at radius 2 is 2.36 bits per heavy atom. The lowest BCUT2D eigenvalue weighted by Crippen LogP contribution is -1.93. The highest BCUT2D eigenvalue weighted by molar-refractivity contribution is 9.10. The SMILES string of the molecule is CC(O)c1cc(Cl)ncc1Br. The minimum absolute atomic E-state index is 0.393. The number of aromatic nitrogens is 1. The van der Waals surface area contributed by atoms with E-state index in [0.717, 1.165) is 10.0 Å². The maximum absolute atomic E-state index is 9.21. The van der Waals surface area contributed by atoms with Crippen molar-refractivity contribution in [3.63, 3.8) is 0 Å². The van der Waals surface area contributed by atoms with Gasteiger partial charge in [0.05, 0.1) is 6.10 Å². The molecular weight excluding hydrogens is 229 g/mol. The van der Waals surface area contributed by atoms with Gasteiger partial charge in [0.25, 0.3) is 0 Å². The fourth-order valence-corrected chi connectivity index (χ4v) is 1.46. The Morgan fingerprint density at radius 3 is 2.82 bits per heavy atom. The number of rotatable bonds is 1. The molecule has 0 fully saturated rings. The van der Waals surface area contributed by atoms with Crippen molar-refractivity contribution in [1.82, 2.24) is 4.98 Å². The van der Waals surface area contributed by atoms with Gasteiger partial charge >= 0.3 is 0 Å². The van der Waals surface area contributed by atoms with E-state index in [-0.39, 0.29) is 0 Å². The third-order valence-electron chi connectivity index (χ3n) is 1.30. The van der Waals surface area contributed by atoms with E-state index in [1.807, 2.05) is 0 Å². The smallest absolute Gasteiger partial charge is 0.129 e. The van der Waals surface area contributed by atoms with E-state index < -0.39 is 6.10 Å². The van der Waals surface area contributed by atoms with Gasteiger partial charge in [0.15, 0.2) is 0 Å². The highest BCUT2D eigenvalue weighted by Crippen LogP contribution is 2.24. The summed E-state index contributed by atoms with van der Waals surface area (Å²) in [5.74, 6) is 0. The zero-order valence-electron chi connectivity index (χ0n) is 5.88. The fourth-order valence-electron chi connectivity index (χ4n) is 0.748. The lowest BCUT2D eigenvalue weighted by Gasteiger charge is -2.06. The van der Waals surface area contributed by atoms with Crippen molar-refractivity contribution in [2.24, 2.45) is 0 Å². The van der Waals surface area contributed by atoms with Crippen LogP contribution >= 0.6 is 27.5 Å². The molecule has 0 saturated heterocycles. The molecule has 1 aromatic rings. The quantitative estimate of drug-likeness (QED) is 0.760. The van der Waals surface area contributed by atoms with E-state index in [4.69, 9.17) is 11.6 Å². The monoisotopic (exact) mass is 235 g/mol. The summed E-state index contributed by atoms with van der Waals surface area (Å²) in [6.45, 7) is 1.68. The Balaban J connectivity index is 3.13. The van der Waals surface area contributed by atoms with Crippen molar-refractivity contribution < 1.29 is 5.11 Å². The van der Waals surface area contributed by atoms with Crippen molar-refractivity contribution in [1.29, 1.82) is 0 Å². The summed E-state index contributed by atoms with van der Waals surface area (Å²) in [5.41, 5.74) is 0.755. The van der Waals surface area contributed by atoms with Gasteiger partial charge in [-0.25, -0.2) is 4.98 Å². The second-order valence-corrected chi connectivity index (χ2v) is 3.45. The molecule has 4 heteroatoms. The molecule has 0 aliphatic heterocycles. The van der Waals surface area contributed by atoms with Gasteiger partial charge in [-0.05, 0) is 34.5 Å². The zero-order valence-corrected chi connectivity index (χ0v) is 8.22. The van der Waals surface area contributed by atoms with Gasteiger partial charge in [0, 0.05) is 10.7 Å². The molecule has 11 heavy (non-hydrogen) atoms. The van der Waals surface area contributed by atoms with Gasteiger partial charge in [-0.15, -0.1) is 0 Å². The van der Waals surface area contributed by atoms with Crippen LogP contribution in [0, 0.1) is 0 Å². The first-order valence-corrected chi connectivity index (χ1v) is 4.27. The zero-order chi connectivity index (χ0) is 8.43. The Hall–Kier alpha value is -0.120. The van der Waals surface area contributed by atoms with Crippen LogP contribution < -0.4 is 0 Å². The van der Waals surface area contributed by atoms with Crippen LogP contribution in [0.4, 0.5) is 0 Å². The summed E-state index contributed by atoms with van der Waals surface area (Å²) in [7, 11) is 0. The van der Waals surface area contributed by atoms with E-state index >= 15 is 0 Å². The minimum Gasteiger partial charge on any atom is -0.389 e. The van der Waals surface area contributed by atoms with Crippen LogP contribution in [-0.2, 0) is 0 Å². The number of hydrogen-bond donors (Lipinski definition) is 1. The standard InChI is InChI=1S/C7H7BrClNO/c1-4(11)5-2-7(9)10-3-6(5)8/h2-4,11H,1H3. The number of nitrogens with zero attached hydrogens (tertiary/aromatic N) is 1. The first kappa shape index (κ1) is 8.97. The van der Waals surface area contributed by atoms with E-state index in [0.29, 0.717) is 5.15 Å². The molecule has 0 radical (unpaired) electrons. The molecule has 1 heterocycles. The highest BCUT2D eigenvalue weighted by Gasteiger charge is 2.06. The van der Waals surface area contributed by atoms with Crippen molar-refractivity contribution in [2.75, 3.05) is 0 Å². The van der Waals surface area contributed by atoms with E-state index in [1.165, 1.54) is 0 Å². The molecule has 1 aromatic heterocycles. The molecule has 0 saturated carbocycles. The van der Waals surface area contributed by atoms with Gasteiger partial charge in [-0.2, -0.15) is 0 Å². The number of halogens is 2. The summed E-state index contributed by atoms with van der Waals surface area (Å²) in [6, 6.07) is 1.64. The molecule has 0 bridgehead atoms. The fraction of sp³-hybridized carbons (Fsp3) is 0.286. The molecule has 0 aliphatic rings. The number of hydrogen-bond acceptors (Lipinski definition) is 2. The van der Waals surface area contributed by atoms with E-state index in [1.54, 1.807) is 19.2 Å². The lowest BCUT2D eigenvalue weighted by atomic mass is 10.2. The van der Waals surface area contributed by atoms with Gasteiger partial charge < -0.3 is 5.11 Å². The topological polar surface area (TPSA) is 33.1 Å². The Bertz CT molecular complexity index is 265. The molecule has 60 valence electrons. The molecular formula is C7H7BrClNO. The van der Waals surface area contributed by atoms with E-state index in [9.17, 15) is 5.11 Å². The molecule has 1 atom stereocenters. The molecule has 1 N–H and O–H groups in total. The van der Waals surface area contributed by atoms with Crippen LogP contribution in [0.25, 0.3) is 0 Å². The molecule has 1 rings (SSSR count). The summed E-state index contributed by atoms with van der Waals surface area (Å²) in [5, 5.41) is 9.61. The molecule has 0 aromatic carbocycles. The highest BCUT2D eigenvalue weighted by atomic mass is 79.9. The molecule has 0 amide bonds. The van der Waals surface area contributed by atoms with Gasteiger partial charge in [0.2, 0.25) is 0 Å². The summed E-state index contributed by atoms with van der Waals surface area (Å²) in [4.78, 5) is 3.83. The molecule has 0 spiro atoms. The number of aliphatic hydroxyl groups is 1. The lowest BCUT2D eigenvalue weighted by molar-refractivity contribution is 0.198. The van der Waals surface area contributed by atoms with Gasteiger partial charge in [0.1, 0.15) is 5.15 Å². The first-order valence-electron chi connectivity index (χ1n) is 3.10. The third kappa shape index (κ3) is 2.15. The Kier molecular flexibility index (Phi) is 2.87. The van der Waals surface area contributed by atoms with Gasteiger partial charge in [-0.3, -0.25) is 0 Å². The van der Waals surface area contributed by atoms with Gasteiger partial charge in [-0.1, -0.05) is 11.6 Å². The number of pyridine rings is 1. The van der Waals surface area contributed by atoms with Crippen LogP contribution in [0.5, 0.6) is 0 Å². The van der Waals surface area contributed by atoms with E-state index in [2.05, 4.69) is 20.9 Å². The predicted octanol–water partition coefficient (Wildman–Crippen LogP) is 2.55. The molecule has 2 nitrogen and oxygen atoms in total. The van der Waals surface area contributed by atoms with Crippen molar-refractivity contribution in [3.8, 4) is 0 Å². The average molecular weight is 236 g/mol. The Labute approximate surface area is 78.3 Å². The summed E-state index contributed by atoms with van der Waals surface area (Å²) < 4.78 is 0.775. The normalized spacial score (nSPS) is 13.1. The third-order valence-corrected chi connectivity index (χ3v) is 2.17. The minimum atomic E-state index is -0.523. The second-order valence-electron chi connectivity index (χ2n) is 2.20. The van der Waals surface area contributed by atoms with Crippen LogP contribution in [-0.4, -0.2) is 10.1 Å². The van der Waals surface area contributed by atoms with Crippen LogP contribution in [0.15, 0.2) is 16.7 Å². The number of aliphatic hydroxyl groups excluding tert-OH is 1. The van der Waals surface area contributed by atoms with Crippen LogP contribution in [0.3, 0.4) is 0 Å². The van der Waals surface area contributed by atoms with Crippen LogP contribution in [0.1, 0.15) is 18.6 Å². The first-order chi connectivity index (χ1) is 5.11. The largest absolute Gasteiger partial charge is 0.389 e. The van der Waals surface area contributed by atoms with Crippen molar-refractivity contribution >= 4 is 27.5 Å².